The minimum absolute atomic E-state index is 1.24. The molecule has 1 rings (SSSR count). The number of unbranched alkanes of at least 4 members (excludes halogenated alkanes) is 1. The van der Waals surface area contributed by atoms with Crippen LogP contribution in [0.15, 0.2) is 24.3 Å². The number of hydrogen-bond donors (Lipinski definition) is 0. The molecular formula is C10H14F6ISb. The van der Waals surface area contributed by atoms with E-state index in [4.69, 9.17) is 0 Å². The third-order valence-corrected chi connectivity index (χ3v) is 2.91. The monoisotopic (exact) mass is 496 g/mol. The molecule has 0 N–H and O–H groups in total. The SMILES string of the molecule is CCCCc1ccccc1[IH+].[F][Sb-]([F])([F])([F])([F])[F]. The van der Waals surface area contributed by atoms with E-state index in [1.165, 1.54) is 28.4 Å². The van der Waals surface area contributed by atoms with Crippen LogP contribution in [0.4, 0.5) is 16.9 Å². The third kappa shape index (κ3) is 16.3. The summed E-state index contributed by atoms with van der Waals surface area (Å²) in [6, 6.07) is 8.65. The van der Waals surface area contributed by atoms with E-state index < -0.39 is 19.5 Å². The predicted molar refractivity (Wildman–Crippen MR) is 57.5 cm³/mol. The Hall–Kier alpha value is 0.348. The van der Waals surface area contributed by atoms with Gasteiger partial charge in [-0.2, -0.15) is 0 Å². The number of rotatable bonds is 3. The molecular weight excluding hydrogens is 483 g/mol. The fourth-order valence-electron chi connectivity index (χ4n) is 1.08. The van der Waals surface area contributed by atoms with Gasteiger partial charge in [0.05, 0.1) is 0 Å². The van der Waals surface area contributed by atoms with Crippen LogP contribution >= 0.6 is 0 Å². The third-order valence-electron chi connectivity index (χ3n) is 1.77. The summed E-state index contributed by atoms with van der Waals surface area (Å²) in [6.45, 7) is 2.24. The predicted octanol–water partition coefficient (Wildman–Crippen LogP) is 1.62. The molecule has 0 amide bonds. The minimum atomic E-state index is -11.2. The number of aryl methyl sites for hydroxylation is 1. The van der Waals surface area contributed by atoms with Crippen molar-refractivity contribution in [3.8, 4) is 0 Å². The molecule has 0 aliphatic carbocycles. The van der Waals surface area contributed by atoms with Crippen molar-refractivity contribution in [1.82, 2.24) is 0 Å². The summed E-state index contributed by atoms with van der Waals surface area (Å²) in [4.78, 5) is 0. The Bertz CT molecular complexity index is 374. The summed E-state index contributed by atoms with van der Waals surface area (Å²) in [7, 11) is 0. The second-order valence-corrected chi connectivity index (χ2v) is 10.4. The van der Waals surface area contributed by atoms with Crippen molar-refractivity contribution < 1.29 is 39.5 Å². The van der Waals surface area contributed by atoms with E-state index in [0.29, 0.717) is 0 Å². The van der Waals surface area contributed by atoms with E-state index in [2.05, 4.69) is 53.8 Å². The summed E-state index contributed by atoms with van der Waals surface area (Å²) in [6.07, 6.45) is 3.84. The molecule has 0 atom stereocenters. The molecule has 0 saturated carbocycles. The number of benzene rings is 1. The van der Waals surface area contributed by atoms with Crippen molar-refractivity contribution in [3.63, 3.8) is 0 Å². The van der Waals surface area contributed by atoms with E-state index in [0.717, 1.165) is 0 Å². The molecule has 0 nitrogen and oxygen atoms in total. The van der Waals surface area contributed by atoms with Gasteiger partial charge in [0.2, 0.25) is 0 Å². The first-order valence-electron chi connectivity index (χ1n) is 5.11. The molecule has 0 radical (unpaired) electrons. The van der Waals surface area contributed by atoms with Crippen molar-refractivity contribution in [3.05, 3.63) is 33.4 Å². The fourth-order valence-corrected chi connectivity index (χ4v) is 1.79. The number of halogens is 7. The quantitative estimate of drug-likeness (QED) is 0.339. The fraction of sp³-hybridized carbons (Fsp3) is 0.400. The van der Waals surface area contributed by atoms with Crippen LogP contribution in [0.3, 0.4) is 0 Å². The van der Waals surface area contributed by atoms with Crippen LogP contribution in [0.1, 0.15) is 25.3 Å². The first-order valence-corrected chi connectivity index (χ1v) is 12.1. The zero-order valence-corrected chi connectivity index (χ0v) is 14.4. The number of hydrogen-bond acceptors (Lipinski definition) is 0. The summed E-state index contributed by atoms with van der Waals surface area (Å²) < 4.78 is 61.0. The van der Waals surface area contributed by atoms with E-state index in [-0.39, 0.29) is 0 Å². The molecule has 0 aliphatic heterocycles. The Morgan fingerprint density at radius 2 is 1.44 bits per heavy atom. The van der Waals surface area contributed by atoms with E-state index >= 15 is 0 Å². The molecule has 1 aromatic rings. The molecule has 108 valence electrons. The normalized spacial score (nSPS) is 15.1. The molecule has 0 saturated heterocycles. The van der Waals surface area contributed by atoms with Gasteiger partial charge in [0, 0.05) is 5.56 Å². The van der Waals surface area contributed by atoms with Crippen molar-refractivity contribution in [1.29, 1.82) is 0 Å². The van der Waals surface area contributed by atoms with Crippen LogP contribution in [0.25, 0.3) is 0 Å². The summed E-state index contributed by atoms with van der Waals surface area (Å²) in [5, 5.41) is 0. The average molecular weight is 497 g/mol. The van der Waals surface area contributed by atoms with Gasteiger partial charge in [-0.25, -0.2) is 0 Å². The molecule has 0 heterocycles. The Morgan fingerprint density at radius 3 is 1.83 bits per heavy atom. The standard InChI is InChI=1S/C10H14I.6FH.Sb/c1-2-3-6-9-7-4-5-8-10(9)11;;;;;;;/h4-5,7-8,11H,2-3,6H2,1H3;6*1H;/q+1;;;;;;;+5/p-6. The molecule has 0 unspecified atom stereocenters. The first kappa shape index (κ1) is 18.3. The second kappa shape index (κ2) is 5.77. The van der Waals surface area contributed by atoms with Gasteiger partial charge in [0.25, 0.3) is 22.6 Å². The van der Waals surface area contributed by atoms with Gasteiger partial charge in [-0.3, -0.25) is 0 Å². The van der Waals surface area contributed by atoms with Gasteiger partial charge < -0.3 is 0 Å². The van der Waals surface area contributed by atoms with Crippen molar-refractivity contribution in [2.75, 3.05) is 0 Å². The second-order valence-electron chi connectivity index (χ2n) is 3.67. The van der Waals surface area contributed by atoms with Crippen LogP contribution < -0.4 is 22.6 Å². The Kier molecular flexibility index (Phi) is 5.88. The maximum absolute atomic E-state index is 11.2. The van der Waals surface area contributed by atoms with Gasteiger partial charge in [-0.1, -0.05) is 31.5 Å². The van der Waals surface area contributed by atoms with Gasteiger partial charge in [0.15, 0.2) is 3.57 Å². The van der Waals surface area contributed by atoms with Crippen molar-refractivity contribution >= 4 is 19.5 Å². The zero-order valence-electron chi connectivity index (χ0n) is 9.55. The van der Waals surface area contributed by atoms with E-state index in [1.807, 2.05) is 0 Å². The zero-order chi connectivity index (χ0) is 14.5. The Morgan fingerprint density at radius 1 is 1.00 bits per heavy atom. The molecule has 0 fully saturated rings. The van der Waals surface area contributed by atoms with Gasteiger partial charge in [0.1, 0.15) is 0 Å². The van der Waals surface area contributed by atoms with Gasteiger partial charge in [-0.05, 0) is 18.9 Å². The van der Waals surface area contributed by atoms with Gasteiger partial charge >= 0.3 is 36.4 Å². The van der Waals surface area contributed by atoms with Gasteiger partial charge in [-0.15, -0.1) is 0 Å². The summed E-state index contributed by atoms with van der Waals surface area (Å²) >= 11 is -9.14. The average Bonchev–Trinajstić information content (AvgIpc) is 2.12. The van der Waals surface area contributed by atoms with Crippen LogP contribution in [0.2, 0.25) is 0 Å². The topological polar surface area (TPSA) is 0 Å². The molecule has 0 bridgehead atoms. The van der Waals surface area contributed by atoms with Crippen LogP contribution in [-0.4, -0.2) is 19.5 Å². The van der Waals surface area contributed by atoms with Crippen LogP contribution in [0.5, 0.6) is 0 Å². The van der Waals surface area contributed by atoms with E-state index in [9.17, 15) is 16.9 Å². The molecule has 0 aliphatic rings. The molecule has 0 spiro atoms. The summed E-state index contributed by atoms with van der Waals surface area (Å²) in [5.41, 5.74) is 1.51. The van der Waals surface area contributed by atoms with Crippen molar-refractivity contribution in [2.24, 2.45) is 0 Å². The maximum atomic E-state index is 9.93. The molecule has 1 aromatic carbocycles. The Balaban J connectivity index is 0.000000360. The Labute approximate surface area is 118 Å². The molecule has 8 heteroatoms. The van der Waals surface area contributed by atoms with Crippen LogP contribution in [0, 0.1) is 3.57 Å². The first-order chi connectivity index (χ1) is 7.79. The van der Waals surface area contributed by atoms with Crippen LogP contribution in [-0.2, 0) is 6.42 Å². The van der Waals surface area contributed by atoms with Crippen molar-refractivity contribution in [2.45, 2.75) is 26.2 Å². The summed E-state index contributed by atoms with van der Waals surface area (Å²) in [5.74, 6) is 0. The molecule has 18 heavy (non-hydrogen) atoms. The molecule has 0 aromatic heterocycles. The van der Waals surface area contributed by atoms with E-state index in [1.54, 1.807) is 0 Å².